The van der Waals surface area contributed by atoms with E-state index in [1.807, 2.05) is 0 Å². The summed E-state index contributed by atoms with van der Waals surface area (Å²) in [5.41, 5.74) is 0.780. The molecule has 0 radical (unpaired) electrons. The maximum atomic E-state index is 10.5. The van der Waals surface area contributed by atoms with Gasteiger partial charge in [-0.3, -0.25) is 15.1 Å². The predicted molar refractivity (Wildman–Crippen MR) is 59.0 cm³/mol. The van der Waals surface area contributed by atoms with E-state index >= 15 is 0 Å². The topological polar surface area (TPSA) is 55.5 Å². The summed E-state index contributed by atoms with van der Waals surface area (Å²) < 4.78 is 0. The molecule has 4 heteroatoms. The van der Waals surface area contributed by atoms with Crippen molar-refractivity contribution in [2.75, 3.05) is 6.54 Å². The Balaban J connectivity index is 2.76. The zero-order valence-electron chi connectivity index (χ0n) is 8.30. The molecule has 1 aromatic carbocycles. The van der Waals surface area contributed by atoms with Crippen molar-refractivity contribution in [1.82, 2.24) is 0 Å². The molecule has 0 heterocycles. The molecule has 0 aromatic heterocycles. The molecule has 1 rings (SSSR count). The molecule has 0 spiro atoms. The SMILES string of the molecule is CC#CCN=Cc1cccc([N+](=O)[O-])c1. The van der Waals surface area contributed by atoms with Crippen LogP contribution in [0.3, 0.4) is 0 Å². The molecular formula is C11H10N2O2. The second kappa shape index (κ2) is 5.55. The maximum Gasteiger partial charge on any atom is 0.270 e. The van der Waals surface area contributed by atoms with E-state index in [9.17, 15) is 10.1 Å². The fraction of sp³-hybridized carbons (Fsp3) is 0.182. The average Bonchev–Trinajstić information content (AvgIpc) is 2.25. The van der Waals surface area contributed by atoms with Gasteiger partial charge in [0.15, 0.2) is 0 Å². The lowest BCUT2D eigenvalue weighted by Gasteiger charge is -1.92. The van der Waals surface area contributed by atoms with Gasteiger partial charge in [-0.25, -0.2) is 0 Å². The van der Waals surface area contributed by atoms with E-state index in [-0.39, 0.29) is 5.69 Å². The molecule has 0 aliphatic heterocycles. The summed E-state index contributed by atoms with van der Waals surface area (Å²) in [4.78, 5) is 14.1. The summed E-state index contributed by atoms with van der Waals surface area (Å²) in [6.07, 6.45) is 1.58. The van der Waals surface area contributed by atoms with Crippen LogP contribution in [-0.2, 0) is 0 Å². The van der Waals surface area contributed by atoms with Crippen molar-refractivity contribution in [3.05, 3.63) is 39.9 Å². The molecule has 0 saturated heterocycles. The van der Waals surface area contributed by atoms with Crippen LogP contribution in [-0.4, -0.2) is 17.7 Å². The number of benzene rings is 1. The van der Waals surface area contributed by atoms with Gasteiger partial charge in [0.1, 0.15) is 0 Å². The lowest BCUT2D eigenvalue weighted by Crippen LogP contribution is -1.89. The molecule has 0 saturated carbocycles. The van der Waals surface area contributed by atoms with E-state index in [0.717, 1.165) is 0 Å². The predicted octanol–water partition coefficient (Wildman–Crippen LogP) is 2.04. The summed E-state index contributed by atoms with van der Waals surface area (Å²) in [7, 11) is 0. The van der Waals surface area contributed by atoms with Gasteiger partial charge in [-0.15, -0.1) is 5.92 Å². The van der Waals surface area contributed by atoms with Crippen molar-refractivity contribution >= 4 is 11.9 Å². The third-order valence-electron chi connectivity index (χ3n) is 1.67. The van der Waals surface area contributed by atoms with Crippen LogP contribution < -0.4 is 0 Å². The van der Waals surface area contributed by atoms with Crippen molar-refractivity contribution in [3.8, 4) is 11.8 Å². The van der Waals surface area contributed by atoms with Crippen LogP contribution in [0.2, 0.25) is 0 Å². The highest BCUT2D eigenvalue weighted by molar-refractivity contribution is 5.80. The molecule has 0 fully saturated rings. The minimum Gasteiger partial charge on any atom is -0.280 e. The molecule has 76 valence electrons. The molecule has 4 nitrogen and oxygen atoms in total. The highest BCUT2D eigenvalue weighted by Crippen LogP contribution is 2.11. The fourth-order valence-electron chi connectivity index (χ4n) is 0.994. The Morgan fingerprint density at radius 1 is 1.60 bits per heavy atom. The minimum absolute atomic E-state index is 0.0699. The van der Waals surface area contributed by atoms with E-state index in [1.165, 1.54) is 12.1 Å². The van der Waals surface area contributed by atoms with Crippen molar-refractivity contribution in [1.29, 1.82) is 0 Å². The molecule has 0 aliphatic carbocycles. The van der Waals surface area contributed by atoms with Crippen molar-refractivity contribution < 1.29 is 4.92 Å². The first-order valence-electron chi connectivity index (χ1n) is 4.38. The van der Waals surface area contributed by atoms with Crippen molar-refractivity contribution in [2.24, 2.45) is 4.99 Å². The van der Waals surface area contributed by atoms with Crippen LogP contribution in [0.1, 0.15) is 12.5 Å². The van der Waals surface area contributed by atoms with Gasteiger partial charge in [0, 0.05) is 18.3 Å². The lowest BCUT2D eigenvalue weighted by atomic mass is 10.2. The normalized spacial score (nSPS) is 9.67. The number of nitro benzene ring substituents is 1. The van der Waals surface area contributed by atoms with E-state index in [1.54, 1.807) is 25.3 Å². The van der Waals surface area contributed by atoms with Crippen LogP contribution >= 0.6 is 0 Å². The zero-order valence-corrected chi connectivity index (χ0v) is 8.30. The van der Waals surface area contributed by atoms with Crippen LogP contribution in [0.25, 0.3) is 0 Å². The quantitative estimate of drug-likeness (QED) is 0.326. The third kappa shape index (κ3) is 3.61. The van der Waals surface area contributed by atoms with Crippen molar-refractivity contribution in [3.63, 3.8) is 0 Å². The Morgan fingerprint density at radius 2 is 2.40 bits per heavy atom. The van der Waals surface area contributed by atoms with Gasteiger partial charge in [0.05, 0.1) is 11.5 Å². The summed E-state index contributed by atoms with van der Waals surface area (Å²) in [6.45, 7) is 2.15. The van der Waals surface area contributed by atoms with Crippen LogP contribution in [0, 0.1) is 22.0 Å². The van der Waals surface area contributed by atoms with Gasteiger partial charge in [-0.1, -0.05) is 18.1 Å². The molecule has 1 aromatic rings. The van der Waals surface area contributed by atoms with E-state index in [4.69, 9.17) is 0 Å². The molecular weight excluding hydrogens is 192 g/mol. The van der Waals surface area contributed by atoms with Crippen LogP contribution in [0.5, 0.6) is 0 Å². The number of rotatable bonds is 3. The van der Waals surface area contributed by atoms with Gasteiger partial charge in [0.2, 0.25) is 0 Å². The third-order valence-corrected chi connectivity index (χ3v) is 1.67. The molecule has 0 aliphatic rings. The molecule has 15 heavy (non-hydrogen) atoms. The van der Waals surface area contributed by atoms with Gasteiger partial charge in [0.25, 0.3) is 5.69 Å². The van der Waals surface area contributed by atoms with Crippen molar-refractivity contribution in [2.45, 2.75) is 6.92 Å². The Kier molecular flexibility index (Phi) is 4.05. The monoisotopic (exact) mass is 202 g/mol. The first-order chi connectivity index (χ1) is 7.24. The van der Waals surface area contributed by atoms with Gasteiger partial charge in [-0.05, 0) is 12.5 Å². The fourth-order valence-corrected chi connectivity index (χ4v) is 0.994. The molecule has 0 amide bonds. The van der Waals surface area contributed by atoms with Gasteiger partial charge in [-0.2, -0.15) is 0 Å². The number of hydrogen-bond donors (Lipinski definition) is 0. The summed E-state index contributed by atoms with van der Waals surface area (Å²) in [5.74, 6) is 5.49. The summed E-state index contributed by atoms with van der Waals surface area (Å²) in [6, 6.07) is 6.31. The van der Waals surface area contributed by atoms with Gasteiger partial charge < -0.3 is 0 Å². The Morgan fingerprint density at radius 3 is 3.07 bits per heavy atom. The molecule has 0 N–H and O–H groups in total. The zero-order chi connectivity index (χ0) is 11.1. The second-order valence-corrected chi connectivity index (χ2v) is 2.75. The standard InChI is InChI=1S/C11H10N2O2/c1-2-3-7-12-9-10-5-4-6-11(8-10)13(14)15/h4-6,8-9H,7H2,1H3. The first kappa shape index (κ1) is 10.9. The minimum atomic E-state index is -0.427. The number of nitro groups is 1. The van der Waals surface area contributed by atoms with E-state index in [2.05, 4.69) is 16.8 Å². The highest BCUT2D eigenvalue weighted by Gasteiger charge is 2.03. The van der Waals surface area contributed by atoms with E-state index < -0.39 is 4.92 Å². The largest absolute Gasteiger partial charge is 0.280 e. The Hall–Kier alpha value is -2.15. The van der Waals surface area contributed by atoms with Crippen LogP contribution in [0.4, 0.5) is 5.69 Å². The maximum absolute atomic E-state index is 10.5. The van der Waals surface area contributed by atoms with Gasteiger partial charge >= 0.3 is 0 Å². The first-order valence-corrected chi connectivity index (χ1v) is 4.38. The number of hydrogen-bond acceptors (Lipinski definition) is 3. The molecule has 0 unspecified atom stereocenters. The lowest BCUT2D eigenvalue weighted by molar-refractivity contribution is -0.384. The summed E-state index contributed by atoms with van der Waals surface area (Å²) in [5, 5.41) is 10.5. The smallest absolute Gasteiger partial charge is 0.270 e. The number of nitrogens with zero attached hydrogens (tertiary/aromatic N) is 2. The second-order valence-electron chi connectivity index (χ2n) is 2.75. The molecule has 0 bridgehead atoms. The highest BCUT2D eigenvalue weighted by atomic mass is 16.6. The number of aliphatic imine (C=N–C) groups is 1. The van der Waals surface area contributed by atoms with Crippen LogP contribution in [0.15, 0.2) is 29.3 Å². The average molecular weight is 202 g/mol. The Labute approximate surface area is 87.8 Å². The van der Waals surface area contributed by atoms with E-state index in [0.29, 0.717) is 12.1 Å². The summed E-state index contributed by atoms with van der Waals surface area (Å²) >= 11 is 0. The number of non-ortho nitro benzene ring substituents is 1. The Bertz CT molecular complexity index is 441. The molecule has 0 atom stereocenters.